The molecule has 1 heterocycles. The number of ether oxygens (including phenoxy) is 1. The number of para-hydroxylation sites is 2. The summed E-state index contributed by atoms with van der Waals surface area (Å²) in [6, 6.07) is 12.6. The van der Waals surface area contributed by atoms with Crippen molar-refractivity contribution in [2.24, 2.45) is 0 Å². The van der Waals surface area contributed by atoms with Gasteiger partial charge in [-0.15, -0.1) is 0 Å². The summed E-state index contributed by atoms with van der Waals surface area (Å²) >= 11 is 0. The number of carbonyl (C=O) groups is 2. The fourth-order valence-electron chi connectivity index (χ4n) is 3.75. The van der Waals surface area contributed by atoms with Crippen LogP contribution in [0.4, 0.5) is 15.8 Å². The lowest BCUT2D eigenvalue weighted by Gasteiger charge is -2.39. The Morgan fingerprint density at radius 1 is 0.938 bits per heavy atom. The standard InChI is InChI=1S/C24H31FN4O3/c1-4-32-22-11-6-5-10-21(22)27-24(31)18(3)29-14-12-28(13-15-29)17(2)23(30)26-20-9-7-8-19(25)16-20/h5-11,16-18H,4,12-15H2,1-3H3,(H,26,30)(H,27,31). The van der Waals surface area contributed by atoms with Crippen molar-refractivity contribution >= 4 is 23.2 Å². The Balaban J connectivity index is 1.51. The van der Waals surface area contributed by atoms with Gasteiger partial charge in [0.15, 0.2) is 0 Å². The molecule has 2 aromatic carbocycles. The van der Waals surface area contributed by atoms with E-state index >= 15 is 0 Å². The average Bonchev–Trinajstić information content (AvgIpc) is 2.79. The maximum absolute atomic E-state index is 13.3. The van der Waals surface area contributed by atoms with Crippen LogP contribution in [-0.2, 0) is 9.59 Å². The molecule has 0 radical (unpaired) electrons. The lowest BCUT2D eigenvalue weighted by Crippen LogP contribution is -2.56. The third kappa shape index (κ3) is 6.05. The maximum atomic E-state index is 13.3. The molecule has 0 spiro atoms. The van der Waals surface area contributed by atoms with E-state index < -0.39 is 0 Å². The normalized spacial score (nSPS) is 16.8. The minimum absolute atomic E-state index is 0.0949. The van der Waals surface area contributed by atoms with Crippen molar-refractivity contribution in [3.05, 3.63) is 54.3 Å². The average molecular weight is 443 g/mol. The molecule has 0 saturated carbocycles. The molecule has 32 heavy (non-hydrogen) atoms. The Morgan fingerprint density at radius 3 is 2.12 bits per heavy atom. The highest BCUT2D eigenvalue weighted by atomic mass is 19.1. The summed E-state index contributed by atoms with van der Waals surface area (Å²) in [4.78, 5) is 29.5. The van der Waals surface area contributed by atoms with Crippen molar-refractivity contribution in [1.82, 2.24) is 9.80 Å². The van der Waals surface area contributed by atoms with E-state index in [1.807, 2.05) is 45.0 Å². The van der Waals surface area contributed by atoms with E-state index in [0.29, 0.717) is 49.9 Å². The van der Waals surface area contributed by atoms with Crippen LogP contribution in [0.3, 0.4) is 0 Å². The van der Waals surface area contributed by atoms with Gasteiger partial charge in [-0.2, -0.15) is 0 Å². The van der Waals surface area contributed by atoms with Gasteiger partial charge in [-0.3, -0.25) is 19.4 Å². The quantitative estimate of drug-likeness (QED) is 0.657. The van der Waals surface area contributed by atoms with E-state index in [-0.39, 0.29) is 29.7 Å². The highest BCUT2D eigenvalue weighted by molar-refractivity contribution is 5.96. The SMILES string of the molecule is CCOc1ccccc1NC(=O)C(C)N1CCN(C(C)C(=O)Nc2cccc(F)c2)CC1. The Morgan fingerprint density at radius 2 is 1.53 bits per heavy atom. The van der Waals surface area contributed by atoms with Crippen LogP contribution in [-0.4, -0.2) is 66.5 Å². The minimum atomic E-state index is -0.389. The number of rotatable bonds is 8. The molecule has 0 aromatic heterocycles. The number of halogens is 1. The fourth-order valence-corrected chi connectivity index (χ4v) is 3.75. The van der Waals surface area contributed by atoms with Gasteiger partial charge in [-0.25, -0.2) is 4.39 Å². The monoisotopic (exact) mass is 442 g/mol. The van der Waals surface area contributed by atoms with Crippen molar-refractivity contribution in [3.8, 4) is 5.75 Å². The van der Waals surface area contributed by atoms with Crippen molar-refractivity contribution in [3.63, 3.8) is 0 Å². The predicted octanol–water partition coefficient (Wildman–Crippen LogP) is 3.20. The highest BCUT2D eigenvalue weighted by Crippen LogP contribution is 2.24. The molecular weight excluding hydrogens is 411 g/mol. The lowest BCUT2D eigenvalue weighted by molar-refractivity contribution is -0.124. The molecule has 1 aliphatic rings. The van der Waals surface area contributed by atoms with Gasteiger partial charge in [0.25, 0.3) is 0 Å². The summed E-state index contributed by atoms with van der Waals surface area (Å²) in [7, 11) is 0. The van der Waals surface area contributed by atoms with Crippen LogP contribution in [0.1, 0.15) is 20.8 Å². The number of amides is 2. The minimum Gasteiger partial charge on any atom is -0.492 e. The molecule has 2 aromatic rings. The fraction of sp³-hybridized carbons (Fsp3) is 0.417. The first-order chi connectivity index (χ1) is 15.4. The van der Waals surface area contributed by atoms with E-state index in [0.717, 1.165) is 0 Å². The zero-order chi connectivity index (χ0) is 23.1. The van der Waals surface area contributed by atoms with Gasteiger partial charge >= 0.3 is 0 Å². The number of hydrogen-bond donors (Lipinski definition) is 2. The molecular formula is C24H31FN4O3. The van der Waals surface area contributed by atoms with Crippen LogP contribution in [0.25, 0.3) is 0 Å². The van der Waals surface area contributed by atoms with Gasteiger partial charge in [0.2, 0.25) is 11.8 Å². The molecule has 0 aliphatic carbocycles. The van der Waals surface area contributed by atoms with Crippen molar-refractivity contribution in [2.45, 2.75) is 32.9 Å². The van der Waals surface area contributed by atoms with Crippen LogP contribution in [0, 0.1) is 5.82 Å². The Hall–Kier alpha value is -2.97. The molecule has 2 unspecified atom stereocenters. The summed E-state index contributed by atoms with van der Waals surface area (Å²) in [5.74, 6) is -0.0106. The second-order valence-electron chi connectivity index (χ2n) is 7.84. The topological polar surface area (TPSA) is 73.9 Å². The largest absolute Gasteiger partial charge is 0.492 e. The van der Waals surface area contributed by atoms with Gasteiger partial charge in [0.1, 0.15) is 11.6 Å². The second-order valence-corrected chi connectivity index (χ2v) is 7.84. The summed E-state index contributed by atoms with van der Waals surface area (Å²) in [5.41, 5.74) is 1.10. The van der Waals surface area contributed by atoms with Crippen LogP contribution >= 0.6 is 0 Å². The van der Waals surface area contributed by atoms with Crippen LogP contribution in [0.15, 0.2) is 48.5 Å². The number of benzene rings is 2. The summed E-state index contributed by atoms with van der Waals surface area (Å²) in [5, 5.41) is 5.73. The summed E-state index contributed by atoms with van der Waals surface area (Å²) in [6.07, 6.45) is 0. The first-order valence-electron chi connectivity index (χ1n) is 11.0. The molecule has 2 atom stereocenters. The Kier molecular flexibility index (Phi) is 8.19. The number of anilines is 2. The summed E-state index contributed by atoms with van der Waals surface area (Å²) in [6.45, 7) is 8.79. The van der Waals surface area contributed by atoms with Crippen LogP contribution in [0.5, 0.6) is 5.75 Å². The molecule has 2 N–H and O–H groups in total. The van der Waals surface area contributed by atoms with Crippen LogP contribution in [0.2, 0.25) is 0 Å². The first kappa shape index (κ1) is 23.7. The van der Waals surface area contributed by atoms with E-state index in [1.54, 1.807) is 12.1 Å². The number of piperazine rings is 1. The van der Waals surface area contributed by atoms with Gasteiger partial charge in [0.05, 0.1) is 24.4 Å². The predicted molar refractivity (Wildman–Crippen MR) is 123 cm³/mol. The number of carbonyl (C=O) groups excluding carboxylic acids is 2. The van der Waals surface area contributed by atoms with Gasteiger partial charge in [-0.05, 0) is 51.1 Å². The van der Waals surface area contributed by atoms with E-state index in [1.165, 1.54) is 12.1 Å². The molecule has 3 rings (SSSR count). The van der Waals surface area contributed by atoms with Gasteiger partial charge < -0.3 is 15.4 Å². The molecule has 172 valence electrons. The molecule has 1 aliphatic heterocycles. The second kappa shape index (κ2) is 11.1. The van der Waals surface area contributed by atoms with Crippen molar-refractivity contribution in [1.29, 1.82) is 0 Å². The third-order valence-corrected chi connectivity index (χ3v) is 5.74. The third-order valence-electron chi connectivity index (χ3n) is 5.74. The maximum Gasteiger partial charge on any atom is 0.241 e. The zero-order valence-corrected chi connectivity index (χ0v) is 18.8. The molecule has 8 heteroatoms. The molecule has 7 nitrogen and oxygen atoms in total. The first-order valence-corrected chi connectivity index (χ1v) is 11.0. The van der Waals surface area contributed by atoms with Gasteiger partial charge in [-0.1, -0.05) is 18.2 Å². The lowest BCUT2D eigenvalue weighted by atomic mass is 10.1. The van der Waals surface area contributed by atoms with Gasteiger partial charge in [0, 0.05) is 31.9 Å². The summed E-state index contributed by atoms with van der Waals surface area (Å²) < 4.78 is 18.9. The molecule has 1 fully saturated rings. The number of hydrogen-bond acceptors (Lipinski definition) is 5. The van der Waals surface area contributed by atoms with Crippen molar-refractivity contribution < 1.29 is 18.7 Å². The van der Waals surface area contributed by atoms with Crippen molar-refractivity contribution in [2.75, 3.05) is 43.4 Å². The molecule has 2 amide bonds. The Labute approximate surface area is 188 Å². The Bertz CT molecular complexity index is 931. The highest BCUT2D eigenvalue weighted by Gasteiger charge is 2.30. The molecule has 1 saturated heterocycles. The van der Waals surface area contributed by atoms with E-state index in [2.05, 4.69) is 20.4 Å². The smallest absolute Gasteiger partial charge is 0.241 e. The van der Waals surface area contributed by atoms with E-state index in [9.17, 15) is 14.0 Å². The molecule has 0 bridgehead atoms. The zero-order valence-electron chi connectivity index (χ0n) is 18.8. The number of nitrogens with one attached hydrogen (secondary N) is 2. The van der Waals surface area contributed by atoms with Crippen LogP contribution < -0.4 is 15.4 Å². The number of nitrogens with zero attached hydrogens (tertiary/aromatic N) is 2. The van der Waals surface area contributed by atoms with E-state index in [4.69, 9.17) is 4.74 Å².